The first-order valence-electron chi connectivity index (χ1n) is 10.5. The molecule has 1 aromatic carbocycles. The first kappa shape index (κ1) is 23.6. The lowest BCUT2D eigenvalue weighted by molar-refractivity contribution is -0.154. The molecule has 30 heavy (non-hydrogen) atoms. The number of hydrogen-bond donors (Lipinski definition) is 0. The summed E-state index contributed by atoms with van der Waals surface area (Å²) in [5.74, 6) is -0.149. The predicted molar refractivity (Wildman–Crippen MR) is 118 cm³/mol. The molecule has 0 N–H and O–H groups in total. The van der Waals surface area contributed by atoms with Crippen molar-refractivity contribution in [2.75, 3.05) is 6.61 Å². The third kappa shape index (κ3) is 6.44. The summed E-state index contributed by atoms with van der Waals surface area (Å²) in [5, 5.41) is 4.54. The van der Waals surface area contributed by atoms with Crippen LogP contribution in [0.1, 0.15) is 57.1 Å². The molecule has 0 saturated carbocycles. The fraction of sp³-hybridized carbons (Fsp3) is 0.542. The number of esters is 1. The number of carbonyl (C=O) groups excluding carboxylic acids is 2. The molecule has 0 spiro atoms. The smallest absolute Gasteiger partial charge is 0.310 e. The average molecular weight is 414 g/mol. The van der Waals surface area contributed by atoms with Crippen molar-refractivity contribution >= 4 is 11.9 Å². The number of nitrogens with zero attached hydrogens (tertiary/aromatic N) is 3. The molecule has 0 aliphatic carbocycles. The minimum atomic E-state index is -0.410. The third-order valence-corrected chi connectivity index (χ3v) is 5.04. The van der Waals surface area contributed by atoms with Gasteiger partial charge in [-0.25, -0.2) is 0 Å². The van der Waals surface area contributed by atoms with Crippen molar-refractivity contribution < 1.29 is 14.3 Å². The molecule has 0 aliphatic rings. The highest BCUT2D eigenvalue weighted by atomic mass is 16.5. The highest BCUT2D eigenvalue weighted by Crippen LogP contribution is 2.19. The maximum absolute atomic E-state index is 12.8. The van der Waals surface area contributed by atoms with Crippen LogP contribution in [0.5, 0.6) is 0 Å². The third-order valence-electron chi connectivity index (χ3n) is 5.04. The van der Waals surface area contributed by atoms with Crippen molar-refractivity contribution in [3.8, 4) is 0 Å². The fourth-order valence-corrected chi connectivity index (χ4v) is 3.39. The van der Waals surface area contributed by atoms with E-state index in [0.717, 1.165) is 29.1 Å². The van der Waals surface area contributed by atoms with Gasteiger partial charge in [0, 0.05) is 29.9 Å². The van der Waals surface area contributed by atoms with Crippen LogP contribution in [0.25, 0.3) is 0 Å². The van der Waals surface area contributed by atoms with Crippen molar-refractivity contribution in [3.63, 3.8) is 0 Å². The van der Waals surface area contributed by atoms with Crippen molar-refractivity contribution in [2.45, 2.75) is 73.5 Å². The second-order valence-corrected chi connectivity index (χ2v) is 9.20. The summed E-state index contributed by atoms with van der Waals surface area (Å²) in [6.07, 6.45) is 0.122. The maximum atomic E-state index is 12.8. The summed E-state index contributed by atoms with van der Waals surface area (Å²) in [4.78, 5) is 27.0. The normalized spacial score (nSPS) is 11.6. The van der Waals surface area contributed by atoms with Crippen LogP contribution < -0.4 is 0 Å². The van der Waals surface area contributed by atoms with E-state index in [1.165, 1.54) is 0 Å². The molecular weight excluding hydrogens is 378 g/mol. The summed E-state index contributed by atoms with van der Waals surface area (Å²) in [6.45, 7) is 15.1. The SMILES string of the molecule is Cc1nn(CC(C)C)c(C)c1CC(=O)OCC(=O)N(Cc1ccccc1)C(C)(C)C. The van der Waals surface area contributed by atoms with Crippen molar-refractivity contribution in [2.24, 2.45) is 5.92 Å². The first-order chi connectivity index (χ1) is 14.0. The van der Waals surface area contributed by atoms with E-state index in [1.54, 1.807) is 4.90 Å². The molecule has 0 unspecified atom stereocenters. The number of rotatable bonds is 8. The largest absolute Gasteiger partial charge is 0.455 e. The number of amides is 1. The first-order valence-corrected chi connectivity index (χ1v) is 10.5. The summed E-state index contributed by atoms with van der Waals surface area (Å²) in [5.41, 5.74) is 3.34. The van der Waals surface area contributed by atoms with Gasteiger partial charge in [0.2, 0.25) is 0 Å². The lowest BCUT2D eigenvalue weighted by Crippen LogP contribution is -2.46. The predicted octanol–water partition coefficient (Wildman–Crippen LogP) is 4.07. The van der Waals surface area contributed by atoms with Crippen molar-refractivity contribution in [3.05, 3.63) is 52.8 Å². The molecular formula is C24H35N3O3. The molecule has 0 atom stereocenters. The van der Waals surface area contributed by atoms with Crippen LogP contribution in [0.2, 0.25) is 0 Å². The second-order valence-electron chi connectivity index (χ2n) is 9.20. The number of aryl methyl sites for hydroxylation is 1. The fourth-order valence-electron chi connectivity index (χ4n) is 3.39. The Hall–Kier alpha value is -2.63. The Balaban J connectivity index is 2.00. The summed E-state index contributed by atoms with van der Waals surface area (Å²) in [7, 11) is 0. The molecule has 0 saturated heterocycles. The molecule has 2 rings (SSSR count). The number of benzene rings is 1. The van der Waals surface area contributed by atoms with Crippen LogP contribution in [0.3, 0.4) is 0 Å². The Morgan fingerprint density at radius 3 is 2.33 bits per heavy atom. The van der Waals surface area contributed by atoms with Gasteiger partial charge in [-0.05, 0) is 46.1 Å². The molecule has 1 amide bonds. The lowest BCUT2D eigenvalue weighted by atomic mass is 10.0. The second kappa shape index (κ2) is 9.92. The van der Waals surface area contributed by atoms with E-state index in [-0.39, 0.29) is 24.5 Å². The monoisotopic (exact) mass is 413 g/mol. The summed E-state index contributed by atoms with van der Waals surface area (Å²) >= 11 is 0. The molecule has 2 aromatic rings. The highest BCUT2D eigenvalue weighted by molar-refractivity contribution is 5.82. The van der Waals surface area contributed by atoms with Crippen LogP contribution in [0, 0.1) is 19.8 Å². The Morgan fingerprint density at radius 2 is 1.77 bits per heavy atom. The minimum absolute atomic E-state index is 0.122. The Morgan fingerprint density at radius 1 is 1.13 bits per heavy atom. The van der Waals surface area contributed by atoms with Crippen LogP contribution in [0.15, 0.2) is 30.3 Å². The van der Waals surface area contributed by atoms with Gasteiger partial charge in [-0.3, -0.25) is 14.3 Å². The van der Waals surface area contributed by atoms with Crippen LogP contribution in [-0.2, 0) is 33.8 Å². The van der Waals surface area contributed by atoms with E-state index in [4.69, 9.17) is 4.74 Å². The molecule has 1 heterocycles. The Bertz CT molecular complexity index is 864. The average Bonchev–Trinajstić information content (AvgIpc) is 2.91. The number of hydrogen-bond acceptors (Lipinski definition) is 4. The van der Waals surface area contributed by atoms with Gasteiger partial charge < -0.3 is 9.64 Å². The molecule has 0 radical (unpaired) electrons. The van der Waals surface area contributed by atoms with Crippen molar-refractivity contribution in [1.82, 2.24) is 14.7 Å². The molecule has 0 aliphatic heterocycles. The summed E-state index contributed by atoms with van der Waals surface area (Å²) < 4.78 is 7.29. The van der Waals surface area contributed by atoms with Crippen LogP contribution in [-0.4, -0.2) is 38.7 Å². The van der Waals surface area contributed by atoms with Gasteiger partial charge in [0.05, 0.1) is 12.1 Å². The molecule has 6 heteroatoms. The topological polar surface area (TPSA) is 64.4 Å². The molecule has 6 nitrogen and oxygen atoms in total. The van der Waals surface area contributed by atoms with E-state index in [0.29, 0.717) is 12.5 Å². The van der Waals surface area contributed by atoms with E-state index in [2.05, 4.69) is 18.9 Å². The van der Waals surface area contributed by atoms with Gasteiger partial charge in [-0.15, -0.1) is 0 Å². The molecule has 0 bridgehead atoms. The molecule has 164 valence electrons. The maximum Gasteiger partial charge on any atom is 0.310 e. The molecule has 0 fully saturated rings. The molecule has 1 aromatic heterocycles. The number of ether oxygens (including phenoxy) is 1. The Labute approximate surface area is 180 Å². The Kier molecular flexibility index (Phi) is 7.82. The van der Waals surface area contributed by atoms with Gasteiger partial charge in [0.25, 0.3) is 5.91 Å². The van der Waals surface area contributed by atoms with E-state index < -0.39 is 5.97 Å². The highest BCUT2D eigenvalue weighted by Gasteiger charge is 2.27. The van der Waals surface area contributed by atoms with E-state index >= 15 is 0 Å². The minimum Gasteiger partial charge on any atom is -0.455 e. The van der Waals surface area contributed by atoms with Crippen LogP contribution in [0.4, 0.5) is 0 Å². The summed E-state index contributed by atoms with van der Waals surface area (Å²) in [6, 6.07) is 9.81. The zero-order chi connectivity index (χ0) is 22.5. The van der Waals surface area contributed by atoms with Gasteiger partial charge in [0.15, 0.2) is 6.61 Å². The lowest BCUT2D eigenvalue weighted by Gasteiger charge is -2.35. The van der Waals surface area contributed by atoms with Crippen LogP contribution >= 0.6 is 0 Å². The quantitative estimate of drug-likeness (QED) is 0.612. The standard InChI is InChI=1S/C24H35N3O3/c1-17(2)14-27-19(4)21(18(3)25-27)13-23(29)30-16-22(28)26(24(5,6)7)15-20-11-9-8-10-12-20/h8-12,17H,13-16H2,1-7H3. The zero-order valence-electron chi connectivity index (χ0n) is 19.4. The van der Waals surface area contributed by atoms with Gasteiger partial charge >= 0.3 is 5.97 Å². The zero-order valence-corrected chi connectivity index (χ0v) is 19.4. The van der Waals surface area contributed by atoms with Gasteiger partial charge in [-0.2, -0.15) is 5.10 Å². The van der Waals surface area contributed by atoms with E-state index in [9.17, 15) is 9.59 Å². The number of aromatic nitrogens is 2. The van der Waals surface area contributed by atoms with Crippen molar-refractivity contribution in [1.29, 1.82) is 0 Å². The van der Waals surface area contributed by atoms with Gasteiger partial charge in [-0.1, -0.05) is 44.2 Å². The van der Waals surface area contributed by atoms with Gasteiger partial charge in [0.1, 0.15) is 0 Å². The van der Waals surface area contributed by atoms with E-state index in [1.807, 2.05) is 69.6 Å². The number of carbonyl (C=O) groups is 2.